The number of hydrogen-bond donors (Lipinski definition) is 0. The molecule has 5 heteroatoms. The number of carbonyl (C=O) groups excluding carboxylic acids is 2. The van der Waals surface area contributed by atoms with Gasteiger partial charge < -0.3 is 4.74 Å². The van der Waals surface area contributed by atoms with Gasteiger partial charge in [0.25, 0.3) is 5.91 Å². The van der Waals surface area contributed by atoms with E-state index < -0.39 is 5.91 Å². The average molecular weight is 256 g/mol. The molecule has 1 aromatic rings. The van der Waals surface area contributed by atoms with Crippen molar-refractivity contribution in [2.24, 2.45) is 4.99 Å². The first-order valence-electron chi connectivity index (χ1n) is 3.72. The number of nitrogens with zero attached hydrogens (tertiary/aromatic N) is 1. The van der Waals surface area contributed by atoms with Gasteiger partial charge in [0.1, 0.15) is 5.75 Å². The van der Waals surface area contributed by atoms with Crippen LogP contribution in [0.4, 0.5) is 0 Å². The first-order chi connectivity index (χ1) is 6.74. The van der Waals surface area contributed by atoms with Crippen LogP contribution < -0.4 is 4.74 Å². The molecule has 0 saturated carbocycles. The van der Waals surface area contributed by atoms with E-state index in [0.29, 0.717) is 5.75 Å². The molecule has 0 N–H and O–H groups in total. The summed E-state index contributed by atoms with van der Waals surface area (Å²) in [5.41, 5.74) is 0. The van der Waals surface area contributed by atoms with Crippen LogP contribution in [0, 0.1) is 0 Å². The molecule has 4 nitrogen and oxygen atoms in total. The van der Waals surface area contributed by atoms with Crippen molar-refractivity contribution < 1.29 is 14.3 Å². The predicted molar refractivity (Wildman–Crippen MR) is 52.8 cm³/mol. The Labute approximate surface area is 88.7 Å². The summed E-state index contributed by atoms with van der Waals surface area (Å²) in [4.78, 5) is 23.4. The molecule has 0 radical (unpaired) electrons. The van der Waals surface area contributed by atoms with Crippen LogP contribution in [-0.4, -0.2) is 18.6 Å². The molecule has 0 unspecified atom stereocenters. The molecule has 0 atom stereocenters. The molecular formula is C9H6BrNO3. The number of benzene rings is 1. The molecule has 1 aromatic carbocycles. The van der Waals surface area contributed by atoms with Crippen LogP contribution >= 0.6 is 15.9 Å². The standard InChI is InChI=1S/C9H6BrNO3/c10-7-3-1-2-4-8(7)14-5-9(13)11-6-12/h1-4H,5H2. The number of hydrogen-bond acceptors (Lipinski definition) is 3. The van der Waals surface area contributed by atoms with Gasteiger partial charge in [-0.1, -0.05) is 12.1 Å². The number of ether oxygens (including phenoxy) is 1. The number of halogens is 1. The maximum atomic E-state index is 10.8. The molecule has 0 heterocycles. The van der Waals surface area contributed by atoms with Gasteiger partial charge in [-0.3, -0.25) is 4.79 Å². The molecule has 72 valence electrons. The summed E-state index contributed by atoms with van der Waals surface area (Å²) in [6.07, 6.45) is 1.15. The van der Waals surface area contributed by atoms with Crippen LogP contribution in [0.25, 0.3) is 0 Å². The van der Waals surface area contributed by atoms with Gasteiger partial charge in [0.15, 0.2) is 6.61 Å². The third-order valence-electron chi connectivity index (χ3n) is 1.36. The van der Waals surface area contributed by atoms with E-state index in [9.17, 15) is 9.59 Å². The number of rotatable bonds is 3. The number of isocyanates is 1. The summed E-state index contributed by atoms with van der Waals surface area (Å²) < 4.78 is 5.82. The molecule has 0 bridgehead atoms. The topological polar surface area (TPSA) is 55.7 Å². The Morgan fingerprint density at radius 2 is 2.21 bits per heavy atom. The number of aliphatic imine (C=N–C) groups is 1. The summed E-state index contributed by atoms with van der Waals surface area (Å²) in [5, 5.41) is 0. The van der Waals surface area contributed by atoms with Crippen molar-refractivity contribution in [1.82, 2.24) is 0 Å². The van der Waals surface area contributed by atoms with Gasteiger partial charge >= 0.3 is 0 Å². The van der Waals surface area contributed by atoms with Gasteiger partial charge in [-0.15, -0.1) is 4.99 Å². The van der Waals surface area contributed by atoms with Crippen molar-refractivity contribution in [3.63, 3.8) is 0 Å². The van der Waals surface area contributed by atoms with Crippen LogP contribution in [0.5, 0.6) is 5.75 Å². The maximum Gasteiger partial charge on any atom is 0.294 e. The van der Waals surface area contributed by atoms with E-state index in [-0.39, 0.29) is 6.61 Å². The Balaban J connectivity index is 2.58. The van der Waals surface area contributed by atoms with Crippen LogP contribution in [0.2, 0.25) is 0 Å². The van der Waals surface area contributed by atoms with Crippen molar-refractivity contribution in [2.45, 2.75) is 0 Å². The van der Waals surface area contributed by atoms with E-state index in [1.807, 2.05) is 6.07 Å². The van der Waals surface area contributed by atoms with E-state index in [0.717, 1.165) is 10.6 Å². The minimum Gasteiger partial charge on any atom is -0.482 e. The van der Waals surface area contributed by atoms with Gasteiger partial charge in [-0.25, -0.2) is 4.79 Å². The normalized spacial score (nSPS) is 8.93. The summed E-state index contributed by atoms with van der Waals surface area (Å²) in [6, 6.07) is 7.07. The van der Waals surface area contributed by atoms with Gasteiger partial charge in [-0.05, 0) is 28.1 Å². The van der Waals surface area contributed by atoms with E-state index in [1.54, 1.807) is 18.2 Å². The lowest BCUT2D eigenvalue weighted by Crippen LogP contribution is -2.08. The van der Waals surface area contributed by atoms with Gasteiger partial charge in [0, 0.05) is 0 Å². The monoisotopic (exact) mass is 255 g/mol. The van der Waals surface area contributed by atoms with Gasteiger partial charge in [0.05, 0.1) is 4.47 Å². The Morgan fingerprint density at radius 3 is 2.86 bits per heavy atom. The quantitative estimate of drug-likeness (QED) is 0.610. The van der Waals surface area contributed by atoms with Gasteiger partial charge in [-0.2, -0.15) is 0 Å². The first-order valence-corrected chi connectivity index (χ1v) is 4.51. The Kier molecular flexibility index (Phi) is 4.04. The molecule has 14 heavy (non-hydrogen) atoms. The molecule has 1 rings (SSSR count). The summed E-state index contributed by atoms with van der Waals surface area (Å²) in [6.45, 7) is -0.266. The molecule has 0 aromatic heterocycles. The second-order valence-electron chi connectivity index (χ2n) is 2.32. The van der Waals surface area contributed by atoms with Crippen LogP contribution in [-0.2, 0) is 9.59 Å². The highest BCUT2D eigenvalue weighted by Gasteiger charge is 2.02. The minimum absolute atomic E-state index is 0.266. The van der Waals surface area contributed by atoms with E-state index in [1.165, 1.54) is 0 Å². The van der Waals surface area contributed by atoms with E-state index >= 15 is 0 Å². The molecule has 0 saturated heterocycles. The van der Waals surface area contributed by atoms with Crippen molar-refractivity contribution in [2.75, 3.05) is 6.61 Å². The van der Waals surface area contributed by atoms with Crippen LogP contribution in [0.15, 0.2) is 33.7 Å². The number of para-hydroxylation sites is 1. The highest BCUT2D eigenvalue weighted by molar-refractivity contribution is 9.10. The smallest absolute Gasteiger partial charge is 0.294 e. The van der Waals surface area contributed by atoms with Crippen molar-refractivity contribution in [3.8, 4) is 5.75 Å². The molecule has 0 aliphatic rings. The lowest BCUT2D eigenvalue weighted by Gasteiger charge is -2.04. The van der Waals surface area contributed by atoms with E-state index in [4.69, 9.17) is 4.74 Å². The fourth-order valence-electron chi connectivity index (χ4n) is 0.784. The van der Waals surface area contributed by atoms with E-state index in [2.05, 4.69) is 20.9 Å². The predicted octanol–water partition coefficient (Wildman–Crippen LogP) is 1.69. The number of carbonyl (C=O) groups is 1. The Morgan fingerprint density at radius 1 is 1.50 bits per heavy atom. The van der Waals surface area contributed by atoms with Gasteiger partial charge in [0.2, 0.25) is 6.08 Å². The SMILES string of the molecule is O=C=NC(=O)COc1ccccc1Br. The Hall–Kier alpha value is -1.45. The zero-order chi connectivity index (χ0) is 10.4. The fourth-order valence-corrected chi connectivity index (χ4v) is 1.18. The fraction of sp³-hybridized carbons (Fsp3) is 0.111. The Bertz CT molecular complexity index is 385. The zero-order valence-electron chi connectivity index (χ0n) is 7.07. The highest BCUT2D eigenvalue weighted by Crippen LogP contribution is 2.23. The van der Waals surface area contributed by atoms with Crippen molar-refractivity contribution >= 4 is 27.9 Å². The zero-order valence-corrected chi connectivity index (χ0v) is 8.65. The average Bonchev–Trinajstić information content (AvgIpc) is 2.17. The largest absolute Gasteiger partial charge is 0.482 e. The summed E-state index contributed by atoms with van der Waals surface area (Å²) >= 11 is 3.24. The highest BCUT2D eigenvalue weighted by atomic mass is 79.9. The van der Waals surface area contributed by atoms with Crippen LogP contribution in [0.3, 0.4) is 0 Å². The third-order valence-corrected chi connectivity index (χ3v) is 2.01. The lowest BCUT2D eigenvalue weighted by atomic mass is 10.3. The minimum atomic E-state index is -0.657. The molecule has 0 aliphatic heterocycles. The lowest BCUT2D eigenvalue weighted by molar-refractivity contribution is -0.119. The second-order valence-corrected chi connectivity index (χ2v) is 3.17. The molecular weight excluding hydrogens is 250 g/mol. The molecule has 0 aliphatic carbocycles. The van der Waals surface area contributed by atoms with Crippen LogP contribution in [0.1, 0.15) is 0 Å². The molecule has 0 spiro atoms. The summed E-state index contributed by atoms with van der Waals surface area (Å²) in [5.74, 6) is -0.127. The molecule has 1 amide bonds. The number of amides is 1. The van der Waals surface area contributed by atoms with Crippen molar-refractivity contribution in [1.29, 1.82) is 0 Å². The second kappa shape index (κ2) is 5.32. The third kappa shape index (κ3) is 3.12. The van der Waals surface area contributed by atoms with Crippen molar-refractivity contribution in [3.05, 3.63) is 28.7 Å². The maximum absolute atomic E-state index is 10.8. The molecule has 0 fully saturated rings. The first kappa shape index (κ1) is 10.6. The summed E-state index contributed by atoms with van der Waals surface area (Å²) in [7, 11) is 0.